The molecule has 0 spiro atoms. The smallest absolute Gasteiger partial charge is 0.316 e. The minimum Gasteiger partial charge on any atom is -0.495 e. The number of carbonyl (C=O) groups excluding carboxylic acids is 2. The number of hydrogen-bond donors (Lipinski definition) is 0. The highest BCUT2D eigenvalue weighted by Crippen LogP contribution is 2.34. The van der Waals surface area contributed by atoms with Crippen molar-refractivity contribution in [3.8, 4) is 11.5 Å². The summed E-state index contributed by atoms with van der Waals surface area (Å²) >= 11 is 5.90. The summed E-state index contributed by atoms with van der Waals surface area (Å²) in [6, 6.07) is 12.2. The summed E-state index contributed by atoms with van der Waals surface area (Å²) in [6.45, 7) is 2.20. The Morgan fingerprint density at radius 2 is 2.04 bits per heavy atom. The number of anilines is 1. The Balaban J connectivity index is 1.76. The van der Waals surface area contributed by atoms with Crippen molar-refractivity contribution in [2.75, 3.05) is 18.6 Å². The van der Waals surface area contributed by atoms with Crippen LogP contribution in [0.2, 0.25) is 5.02 Å². The normalized spacial score (nSPS) is 16.8. The van der Waals surface area contributed by atoms with Crippen molar-refractivity contribution in [1.82, 2.24) is 0 Å². The third-order valence-electron chi connectivity index (χ3n) is 4.10. The Hall–Kier alpha value is -2.53. The van der Waals surface area contributed by atoms with Crippen LogP contribution in [-0.2, 0) is 9.59 Å². The van der Waals surface area contributed by atoms with Crippen LogP contribution in [-0.4, -0.2) is 25.5 Å². The van der Waals surface area contributed by atoms with E-state index in [0.29, 0.717) is 22.2 Å². The van der Waals surface area contributed by atoms with Crippen LogP contribution in [0.4, 0.5) is 5.69 Å². The van der Waals surface area contributed by atoms with E-state index in [2.05, 4.69) is 0 Å². The number of ether oxygens (including phenoxy) is 2. The molecule has 0 bridgehead atoms. The molecule has 1 atom stereocenters. The van der Waals surface area contributed by atoms with Gasteiger partial charge in [-0.05, 0) is 42.8 Å². The van der Waals surface area contributed by atoms with E-state index < -0.39 is 11.9 Å². The van der Waals surface area contributed by atoms with Gasteiger partial charge in [0.05, 0.1) is 18.7 Å². The van der Waals surface area contributed by atoms with E-state index in [-0.39, 0.29) is 18.9 Å². The highest BCUT2D eigenvalue weighted by atomic mass is 35.5. The molecule has 0 unspecified atom stereocenters. The number of aryl methyl sites for hydroxylation is 1. The summed E-state index contributed by atoms with van der Waals surface area (Å²) < 4.78 is 10.7. The Bertz CT molecular complexity index is 821. The Morgan fingerprint density at radius 3 is 2.76 bits per heavy atom. The van der Waals surface area contributed by atoms with Crippen molar-refractivity contribution in [2.24, 2.45) is 5.92 Å². The topological polar surface area (TPSA) is 55.8 Å². The summed E-state index contributed by atoms with van der Waals surface area (Å²) in [7, 11) is 1.56. The largest absolute Gasteiger partial charge is 0.495 e. The number of rotatable bonds is 4. The summed E-state index contributed by atoms with van der Waals surface area (Å²) in [5.74, 6) is -0.127. The third-order valence-corrected chi connectivity index (χ3v) is 4.33. The van der Waals surface area contributed by atoms with Crippen molar-refractivity contribution in [3.05, 3.63) is 53.1 Å². The molecule has 2 aromatic carbocycles. The molecule has 0 saturated carbocycles. The SMILES string of the molecule is COc1ccc(C)cc1N1C[C@H](C(=O)Oc2cccc(Cl)c2)CC1=O. The maximum absolute atomic E-state index is 12.4. The number of amides is 1. The molecule has 0 aliphatic carbocycles. The molecule has 1 aliphatic heterocycles. The van der Waals surface area contributed by atoms with Gasteiger partial charge < -0.3 is 14.4 Å². The molecule has 0 radical (unpaired) electrons. The second kappa shape index (κ2) is 7.15. The number of methoxy groups -OCH3 is 1. The lowest BCUT2D eigenvalue weighted by atomic mass is 10.1. The Kier molecular flexibility index (Phi) is 4.95. The second-order valence-electron chi connectivity index (χ2n) is 5.96. The maximum atomic E-state index is 12.4. The average molecular weight is 360 g/mol. The minimum atomic E-state index is -0.531. The number of halogens is 1. The molecular weight excluding hydrogens is 342 g/mol. The van der Waals surface area contributed by atoms with E-state index in [0.717, 1.165) is 5.56 Å². The first-order valence-electron chi connectivity index (χ1n) is 7.90. The molecule has 2 aromatic rings. The van der Waals surface area contributed by atoms with Gasteiger partial charge in [-0.15, -0.1) is 0 Å². The van der Waals surface area contributed by atoms with Gasteiger partial charge in [-0.25, -0.2) is 0 Å². The van der Waals surface area contributed by atoms with Gasteiger partial charge in [-0.3, -0.25) is 9.59 Å². The highest BCUT2D eigenvalue weighted by molar-refractivity contribution is 6.30. The van der Waals surface area contributed by atoms with Crippen LogP contribution < -0.4 is 14.4 Å². The first kappa shape index (κ1) is 17.3. The van der Waals surface area contributed by atoms with E-state index in [9.17, 15) is 9.59 Å². The fourth-order valence-corrected chi connectivity index (χ4v) is 3.02. The fourth-order valence-electron chi connectivity index (χ4n) is 2.84. The molecule has 1 aliphatic rings. The zero-order valence-corrected chi connectivity index (χ0v) is 14.7. The predicted octanol–water partition coefficient (Wildman–Crippen LogP) is 3.62. The van der Waals surface area contributed by atoms with E-state index in [1.54, 1.807) is 36.3 Å². The van der Waals surface area contributed by atoms with Gasteiger partial charge in [0.25, 0.3) is 0 Å². The van der Waals surface area contributed by atoms with Crippen LogP contribution in [0.15, 0.2) is 42.5 Å². The fraction of sp³-hybridized carbons (Fsp3) is 0.263. The molecule has 5 nitrogen and oxygen atoms in total. The van der Waals surface area contributed by atoms with E-state index >= 15 is 0 Å². The molecule has 1 amide bonds. The molecule has 1 heterocycles. The van der Waals surface area contributed by atoms with Crippen LogP contribution in [0.3, 0.4) is 0 Å². The standard InChI is InChI=1S/C19H18ClNO4/c1-12-6-7-17(24-2)16(8-12)21-11-13(9-18(21)22)19(23)25-15-5-3-4-14(20)10-15/h3-8,10,13H,9,11H2,1-2H3/t13-/m1/s1. The lowest BCUT2D eigenvalue weighted by molar-refractivity contribution is -0.139. The first-order valence-corrected chi connectivity index (χ1v) is 8.28. The van der Waals surface area contributed by atoms with Crippen LogP contribution in [0.1, 0.15) is 12.0 Å². The molecule has 6 heteroatoms. The Labute approximate surface area is 151 Å². The molecule has 3 rings (SSSR count). The zero-order valence-electron chi connectivity index (χ0n) is 14.0. The van der Waals surface area contributed by atoms with Crippen LogP contribution in [0.5, 0.6) is 11.5 Å². The van der Waals surface area contributed by atoms with Gasteiger partial charge in [-0.1, -0.05) is 23.7 Å². The lowest BCUT2D eigenvalue weighted by Gasteiger charge is -2.20. The molecule has 1 fully saturated rings. The van der Waals surface area contributed by atoms with Gasteiger partial charge in [0, 0.05) is 18.0 Å². The summed E-state index contributed by atoms with van der Waals surface area (Å²) in [5, 5.41) is 0.485. The first-order chi connectivity index (χ1) is 12.0. The molecule has 130 valence electrons. The minimum absolute atomic E-state index is 0.108. The lowest BCUT2D eigenvalue weighted by Crippen LogP contribution is -2.27. The van der Waals surface area contributed by atoms with Crippen LogP contribution in [0, 0.1) is 12.8 Å². The van der Waals surface area contributed by atoms with Crippen molar-refractivity contribution >= 4 is 29.2 Å². The molecular formula is C19H18ClNO4. The molecule has 0 aromatic heterocycles. The Morgan fingerprint density at radius 1 is 1.24 bits per heavy atom. The van der Waals surface area contributed by atoms with Crippen LogP contribution >= 0.6 is 11.6 Å². The van der Waals surface area contributed by atoms with Gasteiger partial charge in [0.2, 0.25) is 5.91 Å². The van der Waals surface area contributed by atoms with Gasteiger partial charge >= 0.3 is 5.97 Å². The molecule has 25 heavy (non-hydrogen) atoms. The number of carbonyl (C=O) groups is 2. The van der Waals surface area contributed by atoms with Crippen molar-refractivity contribution in [2.45, 2.75) is 13.3 Å². The highest BCUT2D eigenvalue weighted by Gasteiger charge is 2.37. The second-order valence-corrected chi connectivity index (χ2v) is 6.40. The quantitative estimate of drug-likeness (QED) is 0.618. The third kappa shape index (κ3) is 3.77. The van der Waals surface area contributed by atoms with Crippen molar-refractivity contribution < 1.29 is 19.1 Å². The monoisotopic (exact) mass is 359 g/mol. The van der Waals surface area contributed by atoms with E-state index in [1.165, 1.54) is 0 Å². The molecule has 1 saturated heterocycles. The zero-order chi connectivity index (χ0) is 18.0. The predicted molar refractivity (Wildman–Crippen MR) is 95.3 cm³/mol. The van der Waals surface area contributed by atoms with E-state index in [4.69, 9.17) is 21.1 Å². The number of nitrogens with zero attached hydrogens (tertiary/aromatic N) is 1. The molecule has 0 N–H and O–H groups in total. The maximum Gasteiger partial charge on any atom is 0.316 e. The van der Waals surface area contributed by atoms with Gasteiger partial charge in [0.15, 0.2) is 0 Å². The van der Waals surface area contributed by atoms with E-state index in [1.807, 2.05) is 25.1 Å². The van der Waals surface area contributed by atoms with Gasteiger partial charge in [-0.2, -0.15) is 0 Å². The van der Waals surface area contributed by atoms with Crippen LogP contribution in [0.25, 0.3) is 0 Å². The number of esters is 1. The van der Waals surface area contributed by atoms with Crippen molar-refractivity contribution in [3.63, 3.8) is 0 Å². The number of hydrogen-bond acceptors (Lipinski definition) is 4. The van der Waals surface area contributed by atoms with Gasteiger partial charge in [0.1, 0.15) is 11.5 Å². The number of benzene rings is 2. The summed E-state index contributed by atoms with van der Waals surface area (Å²) in [4.78, 5) is 26.4. The summed E-state index contributed by atoms with van der Waals surface area (Å²) in [5.41, 5.74) is 1.68. The average Bonchev–Trinajstić information content (AvgIpc) is 2.96. The summed E-state index contributed by atoms with van der Waals surface area (Å²) in [6.07, 6.45) is 0.108. The van der Waals surface area contributed by atoms with Crippen molar-refractivity contribution in [1.29, 1.82) is 0 Å².